The van der Waals surface area contributed by atoms with Crippen LogP contribution in [-0.4, -0.2) is 27.2 Å². The summed E-state index contributed by atoms with van der Waals surface area (Å²) in [6.07, 6.45) is 0. The van der Waals surface area contributed by atoms with Crippen molar-refractivity contribution in [3.05, 3.63) is 23.3 Å². The van der Waals surface area contributed by atoms with Crippen molar-refractivity contribution < 1.29 is 17.9 Å². The third-order valence-corrected chi connectivity index (χ3v) is 3.47. The molecular weight excluding hydrogens is 278 g/mol. The van der Waals surface area contributed by atoms with Crippen molar-refractivity contribution in [3.8, 4) is 5.75 Å². The van der Waals surface area contributed by atoms with Crippen molar-refractivity contribution >= 4 is 10.0 Å². The molecule has 0 aliphatic carbocycles. The Bertz CT molecular complexity index is 574. The summed E-state index contributed by atoms with van der Waals surface area (Å²) in [7, 11) is -3.81. The summed E-state index contributed by atoms with van der Waals surface area (Å²) in [5, 5.41) is 5.23. The summed E-state index contributed by atoms with van der Waals surface area (Å²) < 4.78 is 34.3. The zero-order valence-electron chi connectivity index (χ0n) is 12.7. The first-order chi connectivity index (χ1) is 9.00. The van der Waals surface area contributed by atoms with Gasteiger partial charge in [0.05, 0.1) is 12.2 Å². The predicted octanol–water partition coefficient (Wildman–Crippen LogP) is 2.14. The van der Waals surface area contributed by atoms with Crippen molar-refractivity contribution in [2.45, 2.75) is 45.1 Å². The number of ether oxygens (including phenoxy) is 2. The van der Waals surface area contributed by atoms with Gasteiger partial charge in [-0.2, -0.15) is 0 Å². The SMILES string of the molecule is Cc1cc(C)c(OCCOC(C)(C)C)c(S(N)(=O)=O)c1. The van der Waals surface area contributed by atoms with Crippen LogP contribution >= 0.6 is 0 Å². The number of primary sulfonamides is 1. The Hall–Kier alpha value is -1.11. The van der Waals surface area contributed by atoms with Gasteiger partial charge in [-0.1, -0.05) is 6.07 Å². The predicted molar refractivity (Wildman–Crippen MR) is 78.5 cm³/mol. The molecule has 0 aliphatic heterocycles. The summed E-state index contributed by atoms with van der Waals surface area (Å²) >= 11 is 0. The van der Waals surface area contributed by atoms with E-state index in [-0.39, 0.29) is 17.1 Å². The van der Waals surface area contributed by atoms with Gasteiger partial charge in [0.15, 0.2) is 0 Å². The molecular formula is C14H23NO4S. The van der Waals surface area contributed by atoms with E-state index in [9.17, 15) is 8.42 Å². The minimum absolute atomic E-state index is 0.0192. The Morgan fingerprint density at radius 1 is 1.15 bits per heavy atom. The molecule has 1 aromatic carbocycles. The Kier molecular flexibility index (Phi) is 5.18. The molecule has 0 saturated heterocycles. The van der Waals surface area contributed by atoms with Crippen molar-refractivity contribution in [2.75, 3.05) is 13.2 Å². The number of rotatable bonds is 5. The van der Waals surface area contributed by atoms with Crippen molar-refractivity contribution in [1.82, 2.24) is 0 Å². The van der Waals surface area contributed by atoms with Gasteiger partial charge in [-0.15, -0.1) is 0 Å². The number of aryl methyl sites for hydroxylation is 2. The lowest BCUT2D eigenvalue weighted by atomic mass is 10.1. The highest BCUT2D eigenvalue weighted by Gasteiger charge is 2.18. The van der Waals surface area contributed by atoms with Crippen LogP contribution in [0.1, 0.15) is 31.9 Å². The van der Waals surface area contributed by atoms with Gasteiger partial charge in [-0.3, -0.25) is 0 Å². The van der Waals surface area contributed by atoms with E-state index in [4.69, 9.17) is 14.6 Å². The molecule has 0 bridgehead atoms. The number of hydrogen-bond donors (Lipinski definition) is 1. The summed E-state index contributed by atoms with van der Waals surface area (Å²) in [6.45, 7) is 10.1. The maximum Gasteiger partial charge on any atom is 0.241 e. The van der Waals surface area contributed by atoms with Crippen LogP contribution in [-0.2, 0) is 14.8 Å². The average Bonchev–Trinajstić information content (AvgIpc) is 2.23. The standard InChI is InChI=1S/C14H23NO4S/c1-10-8-11(2)13(12(9-10)20(15,16)17)18-6-7-19-14(3,4)5/h8-9H,6-7H2,1-5H3,(H2,15,16,17). The second-order valence-corrected chi connectivity index (χ2v) is 7.29. The lowest BCUT2D eigenvalue weighted by molar-refractivity contribution is -0.0166. The summed E-state index contributed by atoms with van der Waals surface area (Å²) in [4.78, 5) is 0.0192. The molecule has 1 rings (SSSR count). The molecule has 6 heteroatoms. The fourth-order valence-electron chi connectivity index (χ4n) is 1.80. The highest BCUT2D eigenvalue weighted by atomic mass is 32.2. The minimum atomic E-state index is -3.81. The second-order valence-electron chi connectivity index (χ2n) is 5.76. The molecule has 20 heavy (non-hydrogen) atoms. The summed E-state index contributed by atoms with van der Waals surface area (Å²) in [5.74, 6) is 0.301. The second kappa shape index (κ2) is 6.11. The normalized spacial score (nSPS) is 12.5. The zero-order valence-corrected chi connectivity index (χ0v) is 13.5. The van der Waals surface area contributed by atoms with E-state index in [1.165, 1.54) is 6.07 Å². The van der Waals surface area contributed by atoms with Crippen LogP contribution in [0.5, 0.6) is 5.75 Å². The van der Waals surface area contributed by atoms with E-state index in [1.54, 1.807) is 6.92 Å². The topological polar surface area (TPSA) is 78.6 Å². The number of benzene rings is 1. The fourth-order valence-corrected chi connectivity index (χ4v) is 2.63. The first-order valence-corrected chi connectivity index (χ1v) is 7.96. The molecule has 1 aromatic rings. The van der Waals surface area contributed by atoms with Crippen molar-refractivity contribution in [1.29, 1.82) is 0 Å². The lowest BCUT2D eigenvalue weighted by Crippen LogP contribution is -2.23. The van der Waals surface area contributed by atoms with Gasteiger partial charge < -0.3 is 9.47 Å². The van der Waals surface area contributed by atoms with Crippen LogP contribution < -0.4 is 9.88 Å². The Morgan fingerprint density at radius 3 is 2.25 bits per heavy atom. The molecule has 0 aromatic heterocycles. The molecule has 0 spiro atoms. The molecule has 114 valence electrons. The van der Waals surface area contributed by atoms with Crippen LogP contribution in [0.25, 0.3) is 0 Å². The molecule has 0 amide bonds. The molecule has 0 aliphatic rings. The van der Waals surface area contributed by atoms with E-state index in [0.29, 0.717) is 12.4 Å². The van der Waals surface area contributed by atoms with E-state index in [2.05, 4.69) is 0 Å². The highest BCUT2D eigenvalue weighted by Crippen LogP contribution is 2.28. The molecule has 0 heterocycles. The smallest absolute Gasteiger partial charge is 0.241 e. The van der Waals surface area contributed by atoms with Crippen LogP contribution in [0.4, 0.5) is 0 Å². The summed E-state index contributed by atoms with van der Waals surface area (Å²) in [5.41, 5.74) is 1.31. The Labute approximate surface area is 121 Å². The Morgan fingerprint density at radius 2 is 1.75 bits per heavy atom. The van der Waals surface area contributed by atoms with Crippen molar-refractivity contribution in [2.24, 2.45) is 5.14 Å². The number of sulfonamides is 1. The van der Waals surface area contributed by atoms with Crippen molar-refractivity contribution in [3.63, 3.8) is 0 Å². The molecule has 0 atom stereocenters. The van der Waals surface area contributed by atoms with Gasteiger partial charge >= 0.3 is 0 Å². The highest BCUT2D eigenvalue weighted by molar-refractivity contribution is 7.89. The van der Waals surface area contributed by atoms with Gasteiger partial charge in [0.2, 0.25) is 10.0 Å². The molecule has 2 N–H and O–H groups in total. The van der Waals surface area contributed by atoms with Crippen LogP contribution in [0.2, 0.25) is 0 Å². The summed E-state index contributed by atoms with van der Waals surface area (Å²) in [6, 6.07) is 3.37. The maximum atomic E-state index is 11.6. The van der Waals surface area contributed by atoms with Crippen LogP contribution in [0.15, 0.2) is 17.0 Å². The molecule has 0 saturated carbocycles. The van der Waals surface area contributed by atoms with E-state index >= 15 is 0 Å². The number of nitrogens with two attached hydrogens (primary N) is 1. The van der Waals surface area contributed by atoms with E-state index in [0.717, 1.165) is 11.1 Å². The van der Waals surface area contributed by atoms with Gasteiger partial charge in [0, 0.05) is 0 Å². The fraction of sp³-hybridized carbons (Fsp3) is 0.571. The first kappa shape index (κ1) is 16.9. The van der Waals surface area contributed by atoms with Crippen LogP contribution in [0.3, 0.4) is 0 Å². The first-order valence-electron chi connectivity index (χ1n) is 6.41. The Balaban J connectivity index is 2.90. The van der Waals surface area contributed by atoms with E-state index in [1.807, 2.05) is 33.8 Å². The molecule has 0 fully saturated rings. The van der Waals surface area contributed by atoms with Gasteiger partial charge in [0.25, 0.3) is 0 Å². The lowest BCUT2D eigenvalue weighted by Gasteiger charge is -2.20. The van der Waals surface area contributed by atoms with Gasteiger partial charge in [-0.25, -0.2) is 13.6 Å². The quantitative estimate of drug-likeness (QED) is 0.845. The van der Waals surface area contributed by atoms with E-state index < -0.39 is 10.0 Å². The van der Waals surface area contributed by atoms with Gasteiger partial charge in [-0.05, 0) is 51.8 Å². The zero-order chi connectivity index (χ0) is 15.6. The average molecular weight is 301 g/mol. The molecule has 0 unspecified atom stereocenters. The minimum Gasteiger partial charge on any atom is -0.489 e. The third kappa shape index (κ3) is 5.11. The largest absolute Gasteiger partial charge is 0.489 e. The van der Waals surface area contributed by atoms with Crippen LogP contribution in [0, 0.1) is 13.8 Å². The van der Waals surface area contributed by atoms with Gasteiger partial charge in [0.1, 0.15) is 17.3 Å². The molecule has 0 radical (unpaired) electrons. The monoisotopic (exact) mass is 301 g/mol. The number of hydrogen-bond acceptors (Lipinski definition) is 4. The maximum absolute atomic E-state index is 11.6. The molecule has 5 nitrogen and oxygen atoms in total. The third-order valence-electron chi connectivity index (χ3n) is 2.56.